The summed E-state index contributed by atoms with van der Waals surface area (Å²) < 4.78 is 5.40. The van der Waals surface area contributed by atoms with Gasteiger partial charge in [-0.2, -0.15) is 0 Å². The van der Waals surface area contributed by atoms with Gasteiger partial charge < -0.3 is 10.1 Å². The van der Waals surface area contributed by atoms with E-state index in [1.165, 1.54) is 17.5 Å². The van der Waals surface area contributed by atoms with Crippen molar-refractivity contribution in [1.29, 1.82) is 0 Å². The van der Waals surface area contributed by atoms with Gasteiger partial charge in [-0.05, 0) is 41.9 Å². The minimum atomic E-state index is -0.404. The van der Waals surface area contributed by atoms with Crippen molar-refractivity contribution in [2.24, 2.45) is 0 Å². The first-order chi connectivity index (χ1) is 8.41. The topological polar surface area (TPSA) is 38.3 Å². The van der Waals surface area contributed by atoms with E-state index in [1.54, 1.807) is 7.05 Å². The quantitative estimate of drug-likeness (QED) is 0.827. The minimum Gasteiger partial charge on any atom is -0.410 e. The van der Waals surface area contributed by atoms with E-state index >= 15 is 0 Å². The van der Waals surface area contributed by atoms with Gasteiger partial charge in [0.15, 0.2) is 0 Å². The number of aryl methyl sites for hydroxylation is 2. The molecule has 0 atom stereocenters. The van der Waals surface area contributed by atoms with Crippen molar-refractivity contribution in [3.63, 3.8) is 0 Å². The van der Waals surface area contributed by atoms with Crippen molar-refractivity contribution in [2.45, 2.75) is 45.4 Å². The van der Waals surface area contributed by atoms with E-state index in [4.69, 9.17) is 4.74 Å². The molecule has 1 N–H and O–H groups in total. The summed E-state index contributed by atoms with van der Waals surface area (Å²) in [7, 11) is 1.58. The highest BCUT2D eigenvalue weighted by molar-refractivity contribution is 5.71. The van der Waals surface area contributed by atoms with Gasteiger partial charge in [-0.3, -0.25) is 0 Å². The van der Waals surface area contributed by atoms with Gasteiger partial charge in [0, 0.05) is 12.6 Å². The van der Waals surface area contributed by atoms with Crippen LogP contribution in [0.4, 0.5) is 4.79 Å². The summed E-state index contributed by atoms with van der Waals surface area (Å²) in [6.45, 7) is 6.42. The number of fused-ring (bicyclic) bond motifs is 1. The number of amides is 1. The van der Waals surface area contributed by atoms with Crippen LogP contribution in [0.1, 0.15) is 43.9 Å². The molecule has 0 aromatic heterocycles. The molecule has 18 heavy (non-hydrogen) atoms. The summed E-state index contributed by atoms with van der Waals surface area (Å²) in [6.07, 6.45) is 3.02. The number of hydrogen-bond acceptors (Lipinski definition) is 2. The van der Waals surface area contributed by atoms with Crippen molar-refractivity contribution in [1.82, 2.24) is 5.32 Å². The van der Waals surface area contributed by atoms with E-state index in [9.17, 15) is 4.79 Å². The van der Waals surface area contributed by atoms with Gasteiger partial charge in [0.05, 0.1) is 0 Å². The number of carbonyl (C=O) groups excluding carboxylic acids is 1. The molecule has 0 spiro atoms. The number of benzene rings is 1. The molecule has 1 amide bonds. The van der Waals surface area contributed by atoms with Crippen LogP contribution in [0, 0.1) is 0 Å². The molecule has 0 heterocycles. The predicted octanol–water partition coefficient (Wildman–Crippen LogP) is 3.19. The van der Waals surface area contributed by atoms with E-state index in [0.29, 0.717) is 5.75 Å². The maximum absolute atomic E-state index is 11.4. The van der Waals surface area contributed by atoms with Crippen LogP contribution in [0.25, 0.3) is 0 Å². The van der Waals surface area contributed by atoms with Gasteiger partial charge in [0.1, 0.15) is 5.75 Å². The van der Waals surface area contributed by atoms with E-state index < -0.39 is 6.09 Å². The molecule has 98 valence electrons. The Hall–Kier alpha value is -1.51. The molecule has 0 fully saturated rings. The van der Waals surface area contributed by atoms with Crippen LogP contribution in [-0.4, -0.2) is 13.1 Å². The average Bonchev–Trinajstić information content (AvgIpc) is 2.73. The highest BCUT2D eigenvalue weighted by Crippen LogP contribution is 2.36. The largest absolute Gasteiger partial charge is 0.412 e. The summed E-state index contributed by atoms with van der Waals surface area (Å²) in [5.74, 6) is 0.697. The average molecular weight is 247 g/mol. The Morgan fingerprint density at radius 2 is 1.83 bits per heavy atom. The zero-order valence-corrected chi connectivity index (χ0v) is 11.6. The van der Waals surface area contributed by atoms with Gasteiger partial charge in [0.2, 0.25) is 0 Å². The summed E-state index contributed by atoms with van der Waals surface area (Å²) in [6, 6.07) is 4.25. The molecule has 0 aliphatic heterocycles. The Balaban J connectivity index is 2.45. The lowest BCUT2D eigenvalue weighted by atomic mass is 9.84. The monoisotopic (exact) mass is 247 g/mol. The number of hydrogen-bond donors (Lipinski definition) is 1. The molecule has 1 aliphatic carbocycles. The second kappa shape index (κ2) is 4.63. The highest BCUT2D eigenvalue weighted by Gasteiger charge is 2.24. The summed E-state index contributed by atoms with van der Waals surface area (Å²) in [5, 5.41) is 2.50. The second-order valence-corrected chi connectivity index (χ2v) is 5.86. The fourth-order valence-electron chi connectivity index (χ4n) is 2.42. The van der Waals surface area contributed by atoms with Gasteiger partial charge in [-0.1, -0.05) is 26.8 Å². The lowest BCUT2D eigenvalue weighted by molar-refractivity contribution is 0.202. The van der Waals surface area contributed by atoms with E-state index in [-0.39, 0.29) is 5.41 Å². The van der Waals surface area contributed by atoms with Crippen LogP contribution in [0.5, 0.6) is 5.75 Å². The van der Waals surface area contributed by atoms with Gasteiger partial charge in [-0.15, -0.1) is 0 Å². The Morgan fingerprint density at radius 3 is 2.39 bits per heavy atom. The third-order valence-electron chi connectivity index (χ3n) is 3.41. The Morgan fingerprint density at radius 1 is 1.22 bits per heavy atom. The molecular weight excluding hydrogens is 226 g/mol. The van der Waals surface area contributed by atoms with Crippen molar-refractivity contribution in [2.75, 3.05) is 7.05 Å². The smallest absolute Gasteiger partial charge is 0.410 e. The standard InChI is InChI=1S/C15H21NO2/c1-15(2,3)12-8-10-6-5-7-11(10)9-13(12)18-14(17)16-4/h8-9H,5-7H2,1-4H3,(H,16,17). The van der Waals surface area contributed by atoms with Crippen LogP contribution in [0.3, 0.4) is 0 Å². The van der Waals surface area contributed by atoms with E-state index in [1.807, 2.05) is 6.07 Å². The summed E-state index contributed by atoms with van der Waals surface area (Å²) in [5.41, 5.74) is 3.80. The molecule has 0 radical (unpaired) electrons. The molecule has 0 saturated heterocycles. The normalized spacial score (nSPS) is 14.2. The Labute approximate surface area is 109 Å². The third kappa shape index (κ3) is 2.50. The second-order valence-electron chi connectivity index (χ2n) is 5.86. The van der Waals surface area contributed by atoms with E-state index in [2.05, 4.69) is 32.2 Å². The molecule has 1 aliphatic rings. The van der Waals surface area contributed by atoms with E-state index in [0.717, 1.165) is 18.4 Å². The van der Waals surface area contributed by atoms with Gasteiger partial charge >= 0.3 is 6.09 Å². The molecule has 0 unspecified atom stereocenters. The Kier molecular flexibility index (Phi) is 3.33. The van der Waals surface area contributed by atoms with Crippen LogP contribution in [-0.2, 0) is 18.3 Å². The summed E-state index contributed by atoms with van der Waals surface area (Å²) in [4.78, 5) is 11.4. The van der Waals surface area contributed by atoms with Crippen molar-refractivity contribution in [3.05, 3.63) is 28.8 Å². The van der Waals surface area contributed by atoms with Crippen LogP contribution in [0.2, 0.25) is 0 Å². The van der Waals surface area contributed by atoms with Gasteiger partial charge in [-0.25, -0.2) is 4.79 Å². The summed E-state index contributed by atoms with van der Waals surface area (Å²) >= 11 is 0. The molecule has 1 aromatic rings. The van der Waals surface area contributed by atoms with Crippen molar-refractivity contribution < 1.29 is 9.53 Å². The zero-order valence-electron chi connectivity index (χ0n) is 11.6. The first kappa shape index (κ1) is 12.9. The maximum atomic E-state index is 11.4. The number of carbonyl (C=O) groups is 1. The third-order valence-corrected chi connectivity index (χ3v) is 3.41. The lowest BCUT2D eigenvalue weighted by Gasteiger charge is -2.23. The predicted molar refractivity (Wildman–Crippen MR) is 72.3 cm³/mol. The molecular formula is C15H21NO2. The first-order valence-electron chi connectivity index (χ1n) is 6.47. The molecule has 0 bridgehead atoms. The van der Waals surface area contributed by atoms with Crippen molar-refractivity contribution in [3.8, 4) is 5.75 Å². The number of nitrogens with one attached hydrogen (secondary N) is 1. The highest BCUT2D eigenvalue weighted by atomic mass is 16.6. The molecule has 2 rings (SSSR count). The lowest BCUT2D eigenvalue weighted by Crippen LogP contribution is -2.24. The molecule has 3 heteroatoms. The zero-order chi connectivity index (χ0) is 13.3. The molecule has 3 nitrogen and oxygen atoms in total. The Bertz CT molecular complexity index is 472. The maximum Gasteiger partial charge on any atom is 0.412 e. The minimum absolute atomic E-state index is 0.0268. The van der Waals surface area contributed by atoms with Crippen molar-refractivity contribution >= 4 is 6.09 Å². The van der Waals surface area contributed by atoms with Gasteiger partial charge in [0.25, 0.3) is 0 Å². The SMILES string of the molecule is CNC(=O)Oc1cc2c(cc1C(C)(C)C)CCC2. The fourth-order valence-corrected chi connectivity index (χ4v) is 2.42. The molecule has 0 saturated carbocycles. The van der Waals surface area contributed by atoms with Crippen LogP contribution < -0.4 is 10.1 Å². The first-order valence-corrected chi connectivity index (χ1v) is 6.47. The number of rotatable bonds is 1. The number of ether oxygens (including phenoxy) is 1. The van der Waals surface area contributed by atoms with Crippen LogP contribution >= 0.6 is 0 Å². The fraction of sp³-hybridized carbons (Fsp3) is 0.533. The van der Waals surface area contributed by atoms with Crippen LogP contribution in [0.15, 0.2) is 12.1 Å². The molecule has 1 aromatic carbocycles.